The number of nitrogens with two attached hydrogens (primary N) is 1. The van der Waals surface area contributed by atoms with Gasteiger partial charge < -0.3 is 9.66 Å². The second-order valence-corrected chi connectivity index (χ2v) is 4.89. The zero-order chi connectivity index (χ0) is 7.07. The average Bonchev–Trinajstić information content (AvgIpc) is 1.97. The number of halogens is 1. The molecule has 0 aromatic rings. The van der Waals surface area contributed by atoms with E-state index in [0.717, 1.165) is 0 Å². The Morgan fingerprint density at radius 2 is 2.56 bits per heavy atom. The first kappa shape index (κ1) is 7.56. The van der Waals surface area contributed by atoms with Gasteiger partial charge in [0.05, 0.1) is 6.42 Å². The van der Waals surface area contributed by atoms with E-state index in [2.05, 4.69) is 15.9 Å². The van der Waals surface area contributed by atoms with E-state index >= 15 is 0 Å². The molecule has 1 rings (SSSR count). The minimum absolute atomic E-state index is 0.250. The molecular weight excluding hydrogens is 206 g/mol. The average molecular weight is 212 g/mol. The lowest BCUT2D eigenvalue weighted by Gasteiger charge is -2.17. The molecule has 0 aromatic heterocycles. The Labute approximate surface area is 64.2 Å². The van der Waals surface area contributed by atoms with E-state index in [1.807, 2.05) is 0 Å². The van der Waals surface area contributed by atoms with Gasteiger partial charge in [-0.3, -0.25) is 5.73 Å². The summed E-state index contributed by atoms with van der Waals surface area (Å²) in [6, 6.07) is 0. The second-order valence-electron chi connectivity index (χ2n) is 1.83. The molecule has 52 valence electrons. The Hall–Kier alpha value is 0.450. The molecule has 0 saturated carbocycles. The third-order valence-electron chi connectivity index (χ3n) is 1.05. The monoisotopic (exact) mass is 211 g/mol. The molecule has 0 aromatic carbocycles. The Morgan fingerprint density at radius 1 is 2.00 bits per heavy atom. The van der Waals surface area contributed by atoms with Crippen LogP contribution in [-0.4, -0.2) is 14.7 Å². The predicted molar refractivity (Wildman–Crippen MR) is 38.9 cm³/mol. The smallest absolute Gasteiger partial charge is 0.288 e. The molecule has 0 saturated heterocycles. The van der Waals surface area contributed by atoms with Gasteiger partial charge in [0.1, 0.15) is 0 Å². The highest BCUT2D eigenvalue weighted by Gasteiger charge is 2.42. The third kappa shape index (κ3) is 1.30. The molecule has 2 atom stereocenters. The van der Waals surface area contributed by atoms with Crippen molar-refractivity contribution >= 4 is 27.1 Å². The van der Waals surface area contributed by atoms with Crippen molar-refractivity contribution in [1.82, 2.24) is 0 Å². The summed E-state index contributed by atoms with van der Waals surface area (Å²) in [4.78, 5) is 0. The van der Waals surface area contributed by atoms with E-state index in [-0.39, 0.29) is 6.42 Å². The van der Waals surface area contributed by atoms with Crippen molar-refractivity contribution in [2.75, 3.05) is 0 Å². The topological polar surface area (TPSA) is 69.3 Å². The molecule has 2 unspecified atom stereocenters. The van der Waals surface area contributed by atoms with Gasteiger partial charge in [0.15, 0.2) is 3.81 Å². The normalized spacial score (nSPS) is 43.1. The van der Waals surface area contributed by atoms with E-state index in [1.165, 1.54) is 0 Å². The van der Waals surface area contributed by atoms with Crippen LogP contribution in [0, 0.1) is 0 Å². The van der Waals surface area contributed by atoms with E-state index < -0.39 is 16.2 Å². The zero-order valence-electron chi connectivity index (χ0n) is 4.50. The maximum absolute atomic E-state index is 10.8. The van der Waals surface area contributed by atoms with Crippen molar-refractivity contribution in [3.05, 3.63) is 9.89 Å². The maximum atomic E-state index is 10.8. The van der Waals surface area contributed by atoms with Gasteiger partial charge in [-0.25, -0.2) is 0 Å². The first-order valence-electron chi connectivity index (χ1n) is 2.33. The maximum Gasteiger partial charge on any atom is 0.288 e. The van der Waals surface area contributed by atoms with Gasteiger partial charge in [-0.05, 0) is 6.08 Å². The van der Waals surface area contributed by atoms with Gasteiger partial charge in [-0.15, -0.1) is 0 Å². The fourth-order valence-electron chi connectivity index (χ4n) is 0.547. The van der Waals surface area contributed by atoms with Crippen molar-refractivity contribution in [2.45, 2.75) is 11.5 Å². The van der Waals surface area contributed by atoms with Crippen molar-refractivity contribution in [2.24, 2.45) is 5.73 Å². The first-order chi connectivity index (χ1) is 4.04. The Morgan fingerprint density at radius 3 is 2.67 bits per heavy atom. The summed E-state index contributed by atoms with van der Waals surface area (Å²) in [5.41, 5.74) is 5.19. The SMILES string of the molecule is NC1(O)CC=C(Br)[S+]1[O-]. The van der Waals surface area contributed by atoms with Crippen molar-refractivity contribution in [3.63, 3.8) is 0 Å². The lowest BCUT2D eigenvalue weighted by Crippen LogP contribution is -2.44. The Kier molecular flexibility index (Phi) is 1.89. The van der Waals surface area contributed by atoms with E-state index in [0.29, 0.717) is 3.81 Å². The third-order valence-corrected chi connectivity index (χ3v) is 3.59. The lowest BCUT2D eigenvalue weighted by molar-refractivity contribution is 0.139. The quantitative estimate of drug-likeness (QED) is 0.438. The van der Waals surface area contributed by atoms with Crippen LogP contribution in [0.3, 0.4) is 0 Å². The molecule has 0 aliphatic carbocycles. The minimum atomic E-state index is -1.54. The van der Waals surface area contributed by atoms with Crippen LogP contribution in [0.2, 0.25) is 0 Å². The summed E-state index contributed by atoms with van der Waals surface area (Å²) in [6.45, 7) is 0. The number of hydrogen-bond acceptors (Lipinski definition) is 3. The fraction of sp³-hybridized carbons (Fsp3) is 0.500. The number of rotatable bonds is 0. The summed E-state index contributed by atoms with van der Waals surface area (Å²) < 4.78 is 11.3. The summed E-state index contributed by atoms with van der Waals surface area (Å²) in [7, 11) is 0. The molecule has 5 heteroatoms. The molecule has 0 amide bonds. The highest BCUT2D eigenvalue weighted by molar-refractivity contribution is 9.13. The van der Waals surface area contributed by atoms with Crippen LogP contribution in [0.4, 0.5) is 0 Å². The minimum Gasteiger partial charge on any atom is -0.608 e. The highest BCUT2D eigenvalue weighted by atomic mass is 79.9. The van der Waals surface area contributed by atoms with Crippen LogP contribution in [0.5, 0.6) is 0 Å². The van der Waals surface area contributed by atoms with Crippen molar-refractivity contribution in [1.29, 1.82) is 0 Å². The first-order valence-corrected chi connectivity index (χ1v) is 4.27. The summed E-state index contributed by atoms with van der Waals surface area (Å²) in [5.74, 6) is 0. The van der Waals surface area contributed by atoms with Gasteiger partial charge in [-0.2, -0.15) is 0 Å². The molecule has 9 heavy (non-hydrogen) atoms. The van der Waals surface area contributed by atoms with Crippen LogP contribution in [0.15, 0.2) is 9.89 Å². The van der Waals surface area contributed by atoms with Gasteiger partial charge in [0.2, 0.25) is 0 Å². The van der Waals surface area contributed by atoms with Gasteiger partial charge in [0.25, 0.3) is 5.06 Å². The predicted octanol–water partition coefficient (Wildman–Crippen LogP) is -0.0201. The van der Waals surface area contributed by atoms with Crippen molar-refractivity contribution in [3.8, 4) is 0 Å². The molecule has 1 heterocycles. The van der Waals surface area contributed by atoms with Crippen LogP contribution in [0.25, 0.3) is 0 Å². The number of hydrogen-bond donors (Lipinski definition) is 2. The van der Waals surface area contributed by atoms with Gasteiger partial charge in [-0.1, -0.05) is 0 Å². The van der Waals surface area contributed by atoms with Gasteiger partial charge in [0, 0.05) is 27.1 Å². The molecule has 1 aliphatic heterocycles. The lowest BCUT2D eigenvalue weighted by atomic mass is 10.4. The fourth-order valence-corrected chi connectivity index (χ4v) is 2.36. The number of aliphatic hydroxyl groups is 1. The molecule has 1 aliphatic rings. The van der Waals surface area contributed by atoms with Crippen LogP contribution in [-0.2, 0) is 11.2 Å². The standard InChI is InChI=1S/C4H6BrNO2S/c5-3-1-2-4(6,7)9(3)8/h1,7H,2,6H2. The molecule has 0 fully saturated rings. The van der Waals surface area contributed by atoms with Crippen LogP contribution >= 0.6 is 15.9 Å². The molecule has 3 N–H and O–H groups in total. The van der Waals surface area contributed by atoms with E-state index in [4.69, 9.17) is 10.8 Å². The highest BCUT2D eigenvalue weighted by Crippen LogP contribution is 2.32. The zero-order valence-corrected chi connectivity index (χ0v) is 6.91. The van der Waals surface area contributed by atoms with Crippen LogP contribution < -0.4 is 5.73 Å². The van der Waals surface area contributed by atoms with E-state index in [1.54, 1.807) is 6.08 Å². The summed E-state index contributed by atoms with van der Waals surface area (Å²) in [6.07, 6.45) is 1.86. The molecule has 0 spiro atoms. The molecule has 3 nitrogen and oxygen atoms in total. The summed E-state index contributed by atoms with van der Waals surface area (Å²) >= 11 is 1.53. The Balaban J connectivity index is 2.73. The van der Waals surface area contributed by atoms with Gasteiger partial charge >= 0.3 is 0 Å². The second kappa shape index (κ2) is 2.25. The van der Waals surface area contributed by atoms with E-state index in [9.17, 15) is 4.55 Å². The Bertz CT molecular complexity index is 159. The molecular formula is C4H6BrNO2S. The summed E-state index contributed by atoms with van der Waals surface area (Å²) in [5, 5.41) is 7.49. The molecule has 0 radical (unpaired) electrons. The van der Waals surface area contributed by atoms with Crippen molar-refractivity contribution < 1.29 is 9.66 Å². The van der Waals surface area contributed by atoms with Crippen LogP contribution in [0.1, 0.15) is 6.42 Å². The molecule has 0 bridgehead atoms. The largest absolute Gasteiger partial charge is 0.608 e.